The predicted molar refractivity (Wildman–Crippen MR) is 125 cm³/mol. The summed E-state index contributed by atoms with van der Waals surface area (Å²) in [5, 5.41) is 53.9. The Kier molecular flexibility index (Phi) is 6.23. The van der Waals surface area contributed by atoms with E-state index in [0.717, 1.165) is 24.8 Å². The number of hydrogen-bond donors (Lipinski definition) is 5. The van der Waals surface area contributed by atoms with Gasteiger partial charge in [0.1, 0.15) is 0 Å². The molecule has 6 heteroatoms. The van der Waals surface area contributed by atoms with Crippen molar-refractivity contribution in [1.82, 2.24) is 0 Å². The SMILES string of the molecule is C[C@@H](C1CC[C@@]2(O)C3=CC(=O)[C@@H]4C[C@@H](O)[C@@H](O)C[C@]4(C)C3CC[C@]12C)[C@@H](O)CCC(C)(C)O. The van der Waals surface area contributed by atoms with E-state index in [1.165, 1.54) is 0 Å². The molecular formula is C27H44O6. The largest absolute Gasteiger partial charge is 0.393 e. The number of carbonyl (C=O) groups excluding carboxylic acids is 1. The van der Waals surface area contributed by atoms with Crippen molar-refractivity contribution < 1.29 is 30.3 Å². The summed E-state index contributed by atoms with van der Waals surface area (Å²) < 4.78 is 0. The van der Waals surface area contributed by atoms with Crippen LogP contribution in [0.4, 0.5) is 0 Å². The standard InChI is InChI=1S/C27H44O6/c1-15(20(28)8-9-24(2,3)32)16-7-11-27(33)18-12-21(29)19-13-22(30)23(31)14-25(19,4)17(18)6-10-26(16,27)5/h12,15-17,19-20,22-23,28,30-33H,6-11,13-14H2,1-5H3/t15-,16?,17?,19-,20-,22+,23-,25+,26+,27+/m0/s1. The molecule has 2 unspecified atom stereocenters. The summed E-state index contributed by atoms with van der Waals surface area (Å²) in [5.74, 6) is -0.264. The van der Waals surface area contributed by atoms with Gasteiger partial charge in [0, 0.05) is 11.3 Å². The molecule has 0 bridgehead atoms. The Hall–Kier alpha value is -0.790. The van der Waals surface area contributed by atoms with Gasteiger partial charge in [0.15, 0.2) is 5.78 Å². The van der Waals surface area contributed by atoms with Crippen LogP contribution in [0.25, 0.3) is 0 Å². The molecule has 0 radical (unpaired) electrons. The van der Waals surface area contributed by atoms with E-state index in [2.05, 4.69) is 20.8 Å². The van der Waals surface area contributed by atoms with Gasteiger partial charge in [-0.05, 0) is 100 Å². The molecule has 188 valence electrons. The van der Waals surface area contributed by atoms with Crippen molar-refractivity contribution in [3.63, 3.8) is 0 Å². The lowest BCUT2D eigenvalue weighted by Gasteiger charge is -2.60. The summed E-state index contributed by atoms with van der Waals surface area (Å²) >= 11 is 0. The first-order valence-corrected chi connectivity index (χ1v) is 12.9. The number of carbonyl (C=O) groups is 1. The van der Waals surface area contributed by atoms with Crippen LogP contribution in [-0.2, 0) is 4.79 Å². The van der Waals surface area contributed by atoms with E-state index in [4.69, 9.17) is 0 Å². The molecular weight excluding hydrogens is 420 g/mol. The highest BCUT2D eigenvalue weighted by atomic mass is 16.3. The lowest BCUT2D eigenvalue weighted by molar-refractivity contribution is -0.154. The molecule has 0 amide bonds. The summed E-state index contributed by atoms with van der Waals surface area (Å²) in [6.45, 7) is 9.74. The van der Waals surface area contributed by atoms with E-state index in [1.807, 2.05) is 0 Å². The summed E-state index contributed by atoms with van der Waals surface area (Å²) in [6.07, 6.45) is 4.06. The van der Waals surface area contributed by atoms with Gasteiger partial charge >= 0.3 is 0 Å². The van der Waals surface area contributed by atoms with Crippen LogP contribution < -0.4 is 0 Å². The van der Waals surface area contributed by atoms with Crippen molar-refractivity contribution in [3.05, 3.63) is 11.6 Å². The fourth-order valence-electron chi connectivity index (χ4n) is 8.29. The summed E-state index contributed by atoms with van der Waals surface area (Å²) in [4.78, 5) is 13.2. The van der Waals surface area contributed by atoms with Gasteiger partial charge in [-0.2, -0.15) is 0 Å². The third-order valence-corrected chi connectivity index (χ3v) is 10.5. The molecule has 0 saturated heterocycles. The number of aliphatic hydroxyl groups is 5. The minimum absolute atomic E-state index is 0.00888. The van der Waals surface area contributed by atoms with E-state index >= 15 is 0 Å². The number of allylic oxidation sites excluding steroid dienone is 1. The van der Waals surface area contributed by atoms with Crippen molar-refractivity contribution in [2.75, 3.05) is 0 Å². The minimum Gasteiger partial charge on any atom is -0.393 e. The number of ketones is 1. The molecule has 6 nitrogen and oxygen atoms in total. The molecule has 4 aliphatic carbocycles. The fraction of sp³-hybridized carbons (Fsp3) is 0.889. The van der Waals surface area contributed by atoms with Gasteiger partial charge in [0.25, 0.3) is 0 Å². The average molecular weight is 465 g/mol. The van der Waals surface area contributed by atoms with E-state index < -0.39 is 40.3 Å². The summed E-state index contributed by atoms with van der Waals surface area (Å²) in [6, 6.07) is 0. The van der Waals surface area contributed by atoms with Gasteiger partial charge in [-0.15, -0.1) is 0 Å². The number of aliphatic hydroxyl groups excluding tert-OH is 3. The van der Waals surface area contributed by atoms with Gasteiger partial charge in [-0.1, -0.05) is 20.8 Å². The zero-order chi connectivity index (χ0) is 24.6. The lowest BCUT2D eigenvalue weighted by atomic mass is 9.46. The highest BCUT2D eigenvalue weighted by Gasteiger charge is 2.67. The summed E-state index contributed by atoms with van der Waals surface area (Å²) in [5.41, 5.74) is -2.01. The normalized spacial score (nSPS) is 47.3. The maximum atomic E-state index is 13.2. The molecule has 4 rings (SSSR count). The van der Waals surface area contributed by atoms with Gasteiger partial charge in [0.2, 0.25) is 0 Å². The fourth-order valence-corrected chi connectivity index (χ4v) is 8.29. The van der Waals surface area contributed by atoms with Crippen molar-refractivity contribution in [1.29, 1.82) is 0 Å². The second-order valence-electron chi connectivity index (χ2n) is 12.9. The monoisotopic (exact) mass is 464 g/mol. The van der Waals surface area contributed by atoms with E-state index in [0.29, 0.717) is 25.7 Å². The predicted octanol–water partition coefficient (Wildman–Crippen LogP) is 2.74. The first-order chi connectivity index (χ1) is 15.1. The van der Waals surface area contributed by atoms with Crippen LogP contribution in [0.1, 0.15) is 86.0 Å². The quantitative estimate of drug-likeness (QED) is 0.427. The number of fused-ring (bicyclic) bond motifs is 5. The van der Waals surface area contributed by atoms with Crippen LogP contribution in [-0.4, -0.2) is 60.8 Å². The highest BCUT2D eigenvalue weighted by molar-refractivity contribution is 5.95. The highest BCUT2D eigenvalue weighted by Crippen LogP contribution is 2.68. The average Bonchev–Trinajstić information content (AvgIpc) is 2.99. The maximum absolute atomic E-state index is 13.2. The Balaban J connectivity index is 1.62. The van der Waals surface area contributed by atoms with Gasteiger partial charge in [0.05, 0.1) is 29.5 Å². The zero-order valence-electron chi connectivity index (χ0n) is 20.9. The van der Waals surface area contributed by atoms with Crippen LogP contribution >= 0.6 is 0 Å². The van der Waals surface area contributed by atoms with Gasteiger partial charge in [-0.3, -0.25) is 4.79 Å². The summed E-state index contributed by atoms with van der Waals surface area (Å²) in [7, 11) is 0. The Labute approximate surface area is 198 Å². The Morgan fingerprint density at radius 2 is 1.79 bits per heavy atom. The Bertz CT molecular complexity index is 816. The Morgan fingerprint density at radius 1 is 1.12 bits per heavy atom. The molecule has 0 heterocycles. The van der Waals surface area contributed by atoms with Crippen molar-refractivity contribution in [3.8, 4) is 0 Å². The molecule has 5 N–H and O–H groups in total. The minimum atomic E-state index is -1.10. The van der Waals surface area contributed by atoms with Crippen molar-refractivity contribution in [2.45, 2.75) is 115 Å². The molecule has 33 heavy (non-hydrogen) atoms. The smallest absolute Gasteiger partial charge is 0.159 e. The van der Waals surface area contributed by atoms with Crippen molar-refractivity contribution >= 4 is 5.78 Å². The van der Waals surface area contributed by atoms with Crippen LogP contribution in [0.15, 0.2) is 11.6 Å². The third kappa shape index (κ3) is 3.85. The molecule has 0 aromatic rings. The maximum Gasteiger partial charge on any atom is 0.159 e. The molecule has 3 saturated carbocycles. The zero-order valence-corrected chi connectivity index (χ0v) is 20.9. The second kappa shape index (κ2) is 8.12. The van der Waals surface area contributed by atoms with Gasteiger partial charge in [-0.25, -0.2) is 0 Å². The topological polar surface area (TPSA) is 118 Å². The van der Waals surface area contributed by atoms with E-state index in [1.54, 1.807) is 19.9 Å². The Morgan fingerprint density at radius 3 is 2.42 bits per heavy atom. The second-order valence-corrected chi connectivity index (χ2v) is 12.9. The molecule has 0 aromatic carbocycles. The molecule has 0 spiro atoms. The third-order valence-electron chi connectivity index (χ3n) is 10.5. The first-order valence-electron chi connectivity index (χ1n) is 12.9. The van der Waals surface area contributed by atoms with Crippen LogP contribution in [0.2, 0.25) is 0 Å². The van der Waals surface area contributed by atoms with E-state index in [-0.39, 0.29) is 35.9 Å². The van der Waals surface area contributed by atoms with Crippen LogP contribution in [0, 0.1) is 34.5 Å². The first kappa shape index (κ1) is 25.3. The molecule has 0 aromatic heterocycles. The number of hydrogen-bond acceptors (Lipinski definition) is 6. The van der Waals surface area contributed by atoms with Crippen LogP contribution in [0.5, 0.6) is 0 Å². The van der Waals surface area contributed by atoms with Crippen molar-refractivity contribution in [2.24, 2.45) is 34.5 Å². The van der Waals surface area contributed by atoms with E-state index in [9.17, 15) is 30.3 Å². The lowest BCUT2D eigenvalue weighted by Crippen LogP contribution is -2.61. The van der Waals surface area contributed by atoms with Crippen LogP contribution in [0.3, 0.4) is 0 Å². The number of rotatable bonds is 5. The molecule has 0 aliphatic heterocycles. The van der Waals surface area contributed by atoms with Gasteiger partial charge < -0.3 is 25.5 Å². The molecule has 4 aliphatic rings. The molecule has 3 fully saturated rings. The molecule has 10 atom stereocenters.